The fraction of sp³-hybridized carbons (Fsp3) is 0.815. The standard InChI is InChI=1S/C27H40N2O5/c1-17(10-11-18-13-15-29-22(28)16-18)12-14-26-23(30)20-8-4-5-9-21(20)24(31)27(26,34-26)25(32)33-19-6-2-3-7-19/h12,18-22,29H,2-11,13-16,28H2,1H3/p+1. The van der Waals surface area contributed by atoms with Gasteiger partial charge in [-0.15, -0.1) is 0 Å². The van der Waals surface area contributed by atoms with E-state index in [-0.39, 0.29) is 36.2 Å². The highest BCUT2D eigenvalue weighted by molar-refractivity contribution is 6.23. The molecule has 5 aliphatic rings. The molecular formula is C27H41N2O5+. The smallest absolute Gasteiger partial charge is 0.350 e. The summed E-state index contributed by atoms with van der Waals surface area (Å²) in [6.07, 6.45) is 13.5. The lowest BCUT2D eigenvalue weighted by atomic mass is 9.61. The van der Waals surface area contributed by atoms with Gasteiger partial charge in [0.05, 0.1) is 6.54 Å². The van der Waals surface area contributed by atoms with Gasteiger partial charge in [-0.2, -0.15) is 0 Å². The first-order valence-corrected chi connectivity index (χ1v) is 13.6. The van der Waals surface area contributed by atoms with E-state index in [9.17, 15) is 14.4 Å². The van der Waals surface area contributed by atoms with Gasteiger partial charge in [-0.25, -0.2) is 4.79 Å². The molecule has 5 rings (SSSR count). The molecule has 3 aliphatic carbocycles. The van der Waals surface area contributed by atoms with Crippen molar-refractivity contribution < 1.29 is 29.2 Å². The number of ether oxygens (including phenoxy) is 2. The molecule has 0 aromatic heterocycles. The molecule has 0 bridgehead atoms. The van der Waals surface area contributed by atoms with Crippen LogP contribution in [0.2, 0.25) is 0 Å². The van der Waals surface area contributed by atoms with Crippen molar-refractivity contribution in [1.29, 1.82) is 0 Å². The number of nitrogens with two attached hydrogens (primary N) is 2. The van der Waals surface area contributed by atoms with Crippen LogP contribution in [0, 0.1) is 17.8 Å². The van der Waals surface area contributed by atoms with Crippen molar-refractivity contribution in [3.05, 3.63) is 11.6 Å². The number of piperidine rings is 1. The normalized spacial score (nSPS) is 40.6. The number of ketones is 2. The van der Waals surface area contributed by atoms with Gasteiger partial charge < -0.3 is 14.8 Å². The predicted octanol–water partition coefficient (Wildman–Crippen LogP) is 2.31. The third kappa shape index (κ3) is 4.07. The van der Waals surface area contributed by atoms with E-state index in [0.29, 0.717) is 12.3 Å². The maximum absolute atomic E-state index is 13.7. The Morgan fingerprint density at radius 3 is 2.47 bits per heavy atom. The van der Waals surface area contributed by atoms with Crippen molar-refractivity contribution in [3.63, 3.8) is 0 Å². The van der Waals surface area contributed by atoms with Gasteiger partial charge in [0.1, 0.15) is 12.3 Å². The molecule has 5 fully saturated rings. The highest BCUT2D eigenvalue weighted by Gasteiger charge is 2.87. The lowest BCUT2D eigenvalue weighted by Crippen LogP contribution is -2.94. The predicted molar refractivity (Wildman–Crippen MR) is 125 cm³/mol. The van der Waals surface area contributed by atoms with E-state index in [1.165, 1.54) is 12.0 Å². The molecule has 0 aromatic carbocycles. The molecule has 188 valence electrons. The second-order valence-electron chi connectivity index (χ2n) is 11.5. The molecule has 2 heterocycles. The van der Waals surface area contributed by atoms with Crippen molar-refractivity contribution in [1.82, 2.24) is 0 Å². The second kappa shape index (κ2) is 9.47. The van der Waals surface area contributed by atoms with Crippen LogP contribution in [0.25, 0.3) is 0 Å². The van der Waals surface area contributed by atoms with Crippen molar-refractivity contribution >= 4 is 17.5 Å². The molecule has 6 unspecified atom stereocenters. The van der Waals surface area contributed by atoms with E-state index in [1.54, 1.807) is 0 Å². The maximum atomic E-state index is 13.7. The highest BCUT2D eigenvalue weighted by atomic mass is 16.7. The molecule has 3 saturated carbocycles. The number of hydrogen-bond donors (Lipinski definition) is 2. The van der Waals surface area contributed by atoms with Crippen LogP contribution in [-0.2, 0) is 23.9 Å². The summed E-state index contributed by atoms with van der Waals surface area (Å²) in [5.41, 5.74) is 4.20. The Kier molecular flexibility index (Phi) is 6.73. The summed E-state index contributed by atoms with van der Waals surface area (Å²) >= 11 is 0. The van der Waals surface area contributed by atoms with Gasteiger partial charge in [0.25, 0.3) is 5.60 Å². The lowest BCUT2D eigenvalue weighted by molar-refractivity contribution is -0.699. The van der Waals surface area contributed by atoms with E-state index in [0.717, 1.165) is 70.8 Å². The van der Waals surface area contributed by atoms with Crippen molar-refractivity contribution in [3.8, 4) is 0 Å². The molecule has 0 aromatic rings. The minimum absolute atomic E-state index is 0.0435. The molecule has 4 N–H and O–H groups in total. The third-order valence-corrected chi connectivity index (χ3v) is 9.24. The monoisotopic (exact) mass is 473 g/mol. The number of carbonyl (C=O) groups excluding carboxylic acids is 3. The molecule has 0 spiro atoms. The van der Waals surface area contributed by atoms with Crippen molar-refractivity contribution in [2.75, 3.05) is 6.54 Å². The van der Waals surface area contributed by atoms with Crippen LogP contribution in [0.5, 0.6) is 0 Å². The Morgan fingerprint density at radius 1 is 1.09 bits per heavy atom. The first-order valence-electron chi connectivity index (χ1n) is 13.6. The molecule has 34 heavy (non-hydrogen) atoms. The molecule has 7 nitrogen and oxygen atoms in total. The molecule has 6 atom stereocenters. The topological polar surface area (TPSA) is 116 Å². The number of quaternary nitrogens is 1. The van der Waals surface area contributed by atoms with E-state index in [4.69, 9.17) is 15.2 Å². The summed E-state index contributed by atoms with van der Waals surface area (Å²) in [6.45, 7) is 3.15. The Morgan fingerprint density at radius 2 is 1.76 bits per heavy atom. The van der Waals surface area contributed by atoms with Crippen LogP contribution >= 0.6 is 0 Å². The fourth-order valence-electron chi connectivity index (χ4n) is 7.12. The molecule has 7 heteroatoms. The van der Waals surface area contributed by atoms with Gasteiger partial charge >= 0.3 is 5.97 Å². The Hall–Kier alpha value is -1.57. The van der Waals surface area contributed by atoms with Crippen LogP contribution < -0.4 is 11.1 Å². The van der Waals surface area contributed by atoms with Crippen LogP contribution in [0.15, 0.2) is 11.6 Å². The fourth-order valence-corrected chi connectivity index (χ4v) is 7.12. The number of epoxide rings is 1. The van der Waals surface area contributed by atoms with Gasteiger partial charge in [0, 0.05) is 24.7 Å². The van der Waals surface area contributed by atoms with Crippen molar-refractivity contribution in [2.24, 2.45) is 23.5 Å². The minimum Gasteiger partial charge on any atom is -0.460 e. The number of rotatable bonds is 7. The zero-order valence-corrected chi connectivity index (χ0v) is 20.6. The van der Waals surface area contributed by atoms with Gasteiger partial charge in [-0.05, 0) is 70.6 Å². The largest absolute Gasteiger partial charge is 0.460 e. The van der Waals surface area contributed by atoms with E-state index < -0.39 is 23.1 Å². The van der Waals surface area contributed by atoms with Crippen LogP contribution in [-0.4, -0.2) is 47.6 Å². The molecular weight excluding hydrogens is 432 g/mol. The lowest BCUT2D eigenvalue weighted by Gasteiger charge is -2.37. The number of fused-ring (bicyclic) bond motifs is 2. The minimum atomic E-state index is -1.71. The first kappa shape index (κ1) is 24.1. The van der Waals surface area contributed by atoms with Gasteiger partial charge in [0.2, 0.25) is 0 Å². The zero-order chi connectivity index (χ0) is 23.9. The van der Waals surface area contributed by atoms with Crippen LogP contribution in [0.1, 0.15) is 90.4 Å². The van der Waals surface area contributed by atoms with Crippen molar-refractivity contribution in [2.45, 2.75) is 114 Å². The summed E-state index contributed by atoms with van der Waals surface area (Å²) in [6, 6.07) is 0. The van der Waals surface area contributed by atoms with Gasteiger partial charge in [-0.1, -0.05) is 24.5 Å². The quantitative estimate of drug-likeness (QED) is 0.254. The number of esters is 1. The number of carbonyl (C=O) groups is 3. The number of allylic oxidation sites excluding steroid dienone is 1. The summed E-state index contributed by atoms with van der Waals surface area (Å²) in [5, 5.41) is 2.21. The summed E-state index contributed by atoms with van der Waals surface area (Å²) in [7, 11) is 0. The summed E-state index contributed by atoms with van der Waals surface area (Å²) in [4.78, 5) is 40.8. The zero-order valence-electron chi connectivity index (χ0n) is 20.6. The Bertz CT molecular complexity index is 865. The molecule has 2 saturated heterocycles. The second-order valence-corrected chi connectivity index (χ2v) is 11.5. The third-order valence-electron chi connectivity index (χ3n) is 9.24. The van der Waals surface area contributed by atoms with E-state index >= 15 is 0 Å². The van der Waals surface area contributed by atoms with Gasteiger partial charge in [-0.3, -0.25) is 15.3 Å². The maximum Gasteiger partial charge on any atom is 0.350 e. The molecule has 0 amide bonds. The molecule has 0 radical (unpaired) electrons. The van der Waals surface area contributed by atoms with E-state index in [1.807, 2.05) is 6.08 Å². The molecule has 2 aliphatic heterocycles. The van der Waals surface area contributed by atoms with Crippen LogP contribution in [0.3, 0.4) is 0 Å². The average Bonchev–Trinajstić information content (AvgIpc) is 3.29. The number of Topliss-reactive ketones (excluding diaryl/α,β-unsaturated/α-hetero) is 2. The highest BCUT2D eigenvalue weighted by Crippen LogP contribution is 2.61. The summed E-state index contributed by atoms with van der Waals surface area (Å²) < 4.78 is 11.9. The Labute approximate surface area is 202 Å². The van der Waals surface area contributed by atoms with Crippen LogP contribution in [0.4, 0.5) is 0 Å². The first-order chi connectivity index (χ1) is 16.4. The van der Waals surface area contributed by atoms with Gasteiger partial charge in [0.15, 0.2) is 17.2 Å². The average molecular weight is 474 g/mol. The SMILES string of the molecule is CC(=CCC12OC1(C(=O)OC1CCCC1)C(=O)C1CCCCC1C2=O)CCC1CC[NH2+]C(N)C1. The Balaban J connectivity index is 1.32. The number of hydrogen-bond acceptors (Lipinski definition) is 6. The van der Waals surface area contributed by atoms with E-state index in [2.05, 4.69) is 12.2 Å². The summed E-state index contributed by atoms with van der Waals surface area (Å²) in [5.74, 6) is -0.938.